The van der Waals surface area contributed by atoms with Gasteiger partial charge in [0.1, 0.15) is 0 Å². The van der Waals surface area contributed by atoms with Gasteiger partial charge in [0.15, 0.2) is 0 Å². The van der Waals surface area contributed by atoms with Crippen molar-refractivity contribution in [1.29, 1.82) is 0 Å². The Bertz CT molecular complexity index is 854. The number of carbonyl (C=O) groups excluding carboxylic acids is 1. The van der Waals surface area contributed by atoms with E-state index in [1.54, 1.807) is 0 Å². The molecule has 0 atom stereocenters. The van der Waals surface area contributed by atoms with E-state index in [0.717, 1.165) is 18.5 Å². The molecule has 0 saturated carbocycles. The first kappa shape index (κ1) is 16.6. The van der Waals surface area contributed by atoms with Crippen molar-refractivity contribution < 1.29 is 4.79 Å². The maximum absolute atomic E-state index is 12.2. The predicted octanol–water partition coefficient (Wildman–Crippen LogP) is 4.56. The molecule has 3 nitrogen and oxygen atoms in total. The first-order valence-corrected chi connectivity index (χ1v) is 8.63. The van der Waals surface area contributed by atoms with E-state index in [4.69, 9.17) is 11.6 Å². The van der Waals surface area contributed by atoms with Crippen LogP contribution in [0.3, 0.4) is 0 Å². The molecule has 124 valence electrons. The molecule has 3 aromatic rings. The van der Waals surface area contributed by atoms with E-state index in [-0.39, 0.29) is 5.91 Å². The lowest BCUT2D eigenvalue weighted by Crippen LogP contribution is -2.23. The first-order chi connectivity index (χ1) is 11.7. The van der Waals surface area contributed by atoms with E-state index >= 15 is 0 Å². The number of rotatable bonds is 6. The lowest BCUT2D eigenvalue weighted by Gasteiger charge is -2.06. The Morgan fingerprint density at radius 1 is 1.08 bits per heavy atom. The molecular formula is C20H21ClN2O. The average molecular weight is 341 g/mol. The summed E-state index contributed by atoms with van der Waals surface area (Å²) in [5.74, 6) is 0.0447. The number of carbonyl (C=O) groups is 1. The topological polar surface area (TPSA) is 34.0 Å². The summed E-state index contributed by atoms with van der Waals surface area (Å²) < 4.78 is 2.23. The number of benzene rings is 2. The van der Waals surface area contributed by atoms with E-state index < -0.39 is 0 Å². The molecule has 0 aliphatic heterocycles. The van der Waals surface area contributed by atoms with E-state index in [9.17, 15) is 4.79 Å². The lowest BCUT2D eigenvalue weighted by molar-refractivity contribution is -0.121. The third kappa shape index (κ3) is 3.62. The molecule has 0 aliphatic carbocycles. The number of aromatic nitrogens is 1. The quantitative estimate of drug-likeness (QED) is 0.701. The Morgan fingerprint density at radius 2 is 1.83 bits per heavy atom. The Labute approximate surface area is 147 Å². The highest BCUT2D eigenvalue weighted by Crippen LogP contribution is 2.22. The van der Waals surface area contributed by atoms with Crippen LogP contribution in [0.5, 0.6) is 0 Å². The second kappa shape index (κ2) is 7.54. The molecule has 1 heterocycles. The Morgan fingerprint density at radius 3 is 2.62 bits per heavy atom. The molecule has 0 radical (unpaired) electrons. The van der Waals surface area contributed by atoms with Crippen molar-refractivity contribution in [2.45, 2.75) is 32.9 Å². The Balaban J connectivity index is 1.62. The number of halogens is 1. The second-order valence-electron chi connectivity index (χ2n) is 5.83. The fourth-order valence-electron chi connectivity index (χ4n) is 2.96. The van der Waals surface area contributed by atoms with Crippen molar-refractivity contribution in [3.8, 4) is 0 Å². The minimum atomic E-state index is 0.0447. The normalized spacial score (nSPS) is 10.9. The summed E-state index contributed by atoms with van der Waals surface area (Å²) in [7, 11) is 0. The molecule has 1 amide bonds. The van der Waals surface area contributed by atoms with E-state index in [1.165, 1.54) is 16.5 Å². The van der Waals surface area contributed by atoms with Gasteiger partial charge in [-0.15, -0.1) is 0 Å². The molecule has 4 heteroatoms. The summed E-state index contributed by atoms with van der Waals surface area (Å²) in [4.78, 5) is 12.2. The van der Waals surface area contributed by atoms with Crippen LogP contribution in [0, 0.1) is 0 Å². The molecule has 3 rings (SSSR count). The van der Waals surface area contributed by atoms with Gasteiger partial charge in [0.2, 0.25) is 5.91 Å². The number of nitrogens with one attached hydrogen (secondary N) is 1. The third-order valence-electron chi connectivity index (χ3n) is 4.27. The van der Waals surface area contributed by atoms with Crippen LogP contribution in [0.1, 0.15) is 24.5 Å². The van der Waals surface area contributed by atoms with Crippen LogP contribution >= 0.6 is 11.6 Å². The number of hydrogen-bond donors (Lipinski definition) is 1. The number of nitrogens with zero attached hydrogens (tertiary/aromatic N) is 1. The molecule has 2 aromatic carbocycles. The van der Waals surface area contributed by atoms with Crippen LogP contribution in [0.2, 0.25) is 5.02 Å². The fourth-order valence-corrected chi connectivity index (χ4v) is 3.16. The molecule has 1 aromatic heterocycles. The van der Waals surface area contributed by atoms with Crippen LogP contribution < -0.4 is 5.32 Å². The van der Waals surface area contributed by atoms with E-state index in [1.807, 2.05) is 30.3 Å². The monoisotopic (exact) mass is 340 g/mol. The van der Waals surface area contributed by atoms with Crippen LogP contribution in [0.4, 0.5) is 0 Å². The van der Waals surface area contributed by atoms with Crippen molar-refractivity contribution in [3.05, 3.63) is 70.9 Å². The highest BCUT2D eigenvalue weighted by molar-refractivity contribution is 6.31. The third-order valence-corrected chi connectivity index (χ3v) is 4.64. The zero-order chi connectivity index (χ0) is 16.9. The summed E-state index contributed by atoms with van der Waals surface area (Å²) >= 11 is 6.11. The zero-order valence-corrected chi connectivity index (χ0v) is 14.5. The van der Waals surface area contributed by atoms with Gasteiger partial charge in [-0.05, 0) is 36.6 Å². The average Bonchev–Trinajstić information content (AvgIpc) is 2.97. The molecule has 0 spiro atoms. The second-order valence-corrected chi connectivity index (χ2v) is 6.23. The van der Waals surface area contributed by atoms with Gasteiger partial charge >= 0.3 is 0 Å². The Kier molecular flexibility index (Phi) is 5.21. The van der Waals surface area contributed by atoms with Gasteiger partial charge in [-0.1, -0.05) is 48.0 Å². The summed E-state index contributed by atoms with van der Waals surface area (Å²) in [6.07, 6.45) is 3.37. The first-order valence-electron chi connectivity index (χ1n) is 8.26. The van der Waals surface area contributed by atoms with Gasteiger partial charge in [-0.25, -0.2) is 0 Å². The maximum atomic E-state index is 12.2. The summed E-state index contributed by atoms with van der Waals surface area (Å²) in [5, 5.41) is 4.87. The number of para-hydroxylation sites is 1. The minimum Gasteiger partial charge on any atom is -0.352 e. The molecule has 0 saturated heterocycles. The van der Waals surface area contributed by atoms with Gasteiger partial charge in [0, 0.05) is 41.6 Å². The van der Waals surface area contributed by atoms with E-state index in [2.05, 4.69) is 41.2 Å². The van der Waals surface area contributed by atoms with Gasteiger partial charge in [0.05, 0.1) is 0 Å². The number of amides is 1. The number of fused-ring (bicyclic) bond motifs is 1. The molecule has 0 fully saturated rings. The molecule has 0 aliphatic rings. The van der Waals surface area contributed by atoms with Gasteiger partial charge in [-0.2, -0.15) is 0 Å². The molecule has 0 bridgehead atoms. The van der Waals surface area contributed by atoms with Crippen LogP contribution in [0.25, 0.3) is 10.9 Å². The zero-order valence-electron chi connectivity index (χ0n) is 13.8. The molecule has 1 N–H and O–H groups in total. The van der Waals surface area contributed by atoms with Gasteiger partial charge in [0.25, 0.3) is 0 Å². The lowest BCUT2D eigenvalue weighted by atomic mass is 10.1. The minimum absolute atomic E-state index is 0.0447. The van der Waals surface area contributed by atoms with Crippen LogP contribution in [-0.2, 0) is 24.3 Å². The highest BCUT2D eigenvalue weighted by atomic mass is 35.5. The number of hydrogen-bond acceptors (Lipinski definition) is 1. The summed E-state index contributed by atoms with van der Waals surface area (Å²) in [5.41, 5.74) is 3.39. The number of aryl methyl sites for hydroxylation is 2. The smallest absolute Gasteiger partial charge is 0.220 e. The summed E-state index contributed by atoms with van der Waals surface area (Å²) in [6.45, 7) is 3.53. The summed E-state index contributed by atoms with van der Waals surface area (Å²) in [6, 6.07) is 15.9. The van der Waals surface area contributed by atoms with E-state index in [0.29, 0.717) is 18.0 Å². The standard InChI is InChI=1S/C20H21ClN2O/c1-2-23-14-16(17-8-4-6-10-19(17)23)11-12-20(24)22-13-15-7-3-5-9-18(15)21/h3-10,14H,2,11-13H2,1H3,(H,22,24). The maximum Gasteiger partial charge on any atom is 0.220 e. The van der Waals surface area contributed by atoms with Crippen molar-refractivity contribution in [2.24, 2.45) is 0 Å². The largest absolute Gasteiger partial charge is 0.352 e. The van der Waals surface area contributed by atoms with Crippen LogP contribution in [-0.4, -0.2) is 10.5 Å². The van der Waals surface area contributed by atoms with Gasteiger partial charge in [-0.3, -0.25) is 4.79 Å². The fraction of sp³-hybridized carbons (Fsp3) is 0.250. The van der Waals surface area contributed by atoms with Crippen LogP contribution in [0.15, 0.2) is 54.7 Å². The molecular weight excluding hydrogens is 320 g/mol. The van der Waals surface area contributed by atoms with Crippen molar-refractivity contribution in [3.63, 3.8) is 0 Å². The van der Waals surface area contributed by atoms with Crippen molar-refractivity contribution >= 4 is 28.4 Å². The van der Waals surface area contributed by atoms with Gasteiger partial charge < -0.3 is 9.88 Å². The van der Waals surface area contributed by atoms with Crippen molar-refractivity contribution in [2.75, 3.05) is 0 Å². The SMILES string of the molecule is CCn1cc(CCC(=O)NCc2ccccc2Cl)c2ccccc21. The molecule has 0 unspecified atom stereocenters. The Hall–Kier alpha value is -2.26. The van der Waals surface area contributed by atoms with Crippen molar-refractivity contribution in [1.82, 2.24) is 9.88 Å². The molecule has 24 heavy (non-hydrogen) atoms. The predicted molar refractivity (Wildman–Crippen MR) is 99.2 cm³/mol. The highest BCUT2D eigenvalue weighted by Gasteiger charge is 2.09.